The number of hydrogen-bond acceptors (Lipinski definition) is 7. The van der Waals surface area contributed by atoms with Crippen LogP contribution in [0, 0.1) is 0 Å². The molecule has 3 rings (SSSR count). The number of aromatic nitrogens is 1. The number of β-lactam (4-membered cyclic amide) rings is 1. The number of fused-ring (bicyclic) bond motifs is 1. The first kappa shape index (κ1) is 28.7. The van der Waals surface area contributed by atoms with Crippen molar-refractivity contribution in [3.63, 3.8) is 0 Å². The molecule has 0 bridgehead atoms. The second kappa shape index (κ2) is 13.2. The molecule has 158 valence electrons. The third-order valence-corrected chi connectivity index (χ3v) is 5.18. The Kier molecular flexibility index (Phi) is 12.6. The minimum atomic E-state index is -1.25. The number of aliphatic hydroxyl groups excluding tert-OH is 1. The summed E-state index contributed by atoms with van der Waals surface area (Å²) >= 11 is 1.32. The molecule has 0 spiro atoms. The molecule has 2 amide bonds. The van der Waals surface area contributed by atoms with Crippen LogP contribution in [0.15, 0.2) is 35.8 Å². The number of aliphatic carboxylic acids is 2. The summed E-state index contributed by atoms with van der Waals surface area (Å²) in [6.07, 6.45) is 3.27. The number of carbonyl (C=O) groups is 4. The molecule has 1 fully saturated rings. The Bertz CT molecular complexity index is 816. The van der Waals surface area contributed by atoms with Gasteiger partial charge in [-0.15, -0.1) is 11.8 Å². The van der Waals surface area contributed by atoms with Crippen molar-refractivity contribution in [3.05, 3.63) is 41.4 Å². The second-order valence-corrected chi connectivity index (χ2v) is 7.03. The molecule has 1 aromatic heterocycles. The molecular formula is C17H21KN3O8S+. The number of hydrogen-bond donors (Lipinski definition) is 4. The Hall–Kier alpha value is -1.32. The van der Waals surface area contributed by atoms with E-state index < -0.39 is 35.9 Å². The molecule has 2 atom stereocenters. The predicted octanol–water partition coefficient (Wildman–Crippen LogP) is -4.37. The van der Waals surface area contributed by atoms with Gasteiger partial charge in [0.15, 0.2) is 0 Å². The van der Waals surface area contributed by atoms with Crippen LogP contribution in [0.5, 0.6) is 0 Å². The maximum absolute atomic E-state index is 12.3. The standard InChI is InChI=1S/C15H15N3O5S.C2H4O2.K.H2O/c19-6-9-7-24-14-11(13(21)18(14)12(9)15(22)23)17-10(20)4-8-2-1-3-16-5-8;1-2(3)4;;/h1-3,5,11,14,19H,4,6-7H2,(H,17,20)(H,22,23);1H3,(H,3,4);;1H2/q;;+1;. The topological polar surface area (TPSA) is 189 Å². The zero-order chi connectivity index (χ0) is 20.8. The van der Waals surface area contributed by atoms with Crippen molar-refractivity contribution in [3.8, 4) is 0 Å². The van der Waals surface area contributed by atoms with Crippen LogP contribution in [0.2, 0.25) is 0 Å². The van der Waals surface area contributed by atoms with Crippen molar-refractivity contribution in [1.82, 2.24) is 15.2 Å². The van der Waals surface area contributed by atoms with Crippen LogP contribution in [-0.4, -0.2) is 78.2 Å². The minimum Gasteiger partial charge on any atom is -0.481 e. The first-order valence-electron chi connectivity index (χ1n) is 8.15. The monoisotopic (exact) mass is 466 g/mol. The number of thioether (sulfide) groups is 1. The molecule has 1 saturated heterocycles. The average Bonchev–Trinajstić information content (AvgIpc) is 2.65. The van der Waals surface area contributed by atoms with Crippen LogP contribution >= 0.6 is 11.8 Å². The first-order valence-corrected chi connectivity index (χ1v) is 9.19. The van der Waals surface area contributed by atoms with Gasteiger partial charge in [0.2, 0.25) is 5.91 Å². The van der Waals surface area contributed by atoms with Gasteiger partial charge in [0.25, 0.3) is 11.9 Å². The normalized spacial score (nSPS) is 19.0. The second-order valence-electron chi connectivity index (χ2n) is 5.93. The summed E-state index contributed by atoms with van der Waals surface area (Å²) < 4.78 is 0. The maximum atomic E-state index is 12.3. The third kappa shape index (κ3) is 7.13. The number of carboxylic acids is 2. The zero-order valence-corrected chi connectivity index (χ0v) is 20.3. The van der Waals surface area contributed by atoms with E-state index in [0.717, 1.165) is 17.4 Å². The van der Waals surface area contributed by atoms with Gasteiger partial charge in [-0.25, -0.2) is 4.79 Å². The van der Waals surface area contributed by atoms with Crippen molar-refractivity contribution in [2.75, 3.05) is 12.4 Å². The first-order chi connectivity index (χ1) is 13.3. The fraction of sp³-hybridized carbons (Fsp3) is 0.353. The van der Waals surface area contributed by atoms with Crippen molar-refractivity contribution in [1.29, 1.82) is 0 Å². The molecule has 0 aliphatic carbocycles. The molecule has 13 heteroatoms. The van der Waals surface area contributed by atoms with Gasteiger partial charge in [0.1, 0.15) is 17.1 Å². The molecule has 2 unspecified atom stereocenters. The third-order valence-electron chi connectivity index (χ3n) is 3.84. The van der Waals surface area contributed by atoms with E-state index in [-0.39, 0.29) is 74.9 Å². The Balaban J connectivity index is 0.00000129. The minimum absolute atomic E-state index is 0. The van der Waals surface area contributed by atoms with Gasteiger partial charge in [-0.05, 0) is 17.2 Å². The maximum Gasteiger partial charge on any atom is 1.00 e. The Labute approximate surface area is 218 Å². The number of rotatable bonds is 5. The van der Waals surface area contributed by atoms with Gasteiger partial charge < -0.3 is 26.1 Å². The fourth-order valence-corrected chi connectivity index (χ4v) is 4.05. The van der Waals surface area contributed by atoms with Crippen LogP contribution in [0.3, 0.4) is 0 Å². The predicted molar refractivity (Wildman–Crippen MR) is 102 cm³/mol. The van der Waals surface area contributed by atoms with Crippen LogP contribution in [0.1, 0.15) is 12.5 Å². The number of pyridine rings is 1. The van der Waals surface area contributed by atoms with Crippen LogP contribution < -0.4 is 56.7 Å². The summed E-state index contributed by atoms with van der Waals surface area (Å²) in [5.41, 5.74) is 0.852. The van der Waals surface area contributed by atoms with E-state index in [0.29, 0.717) is 11.3 Å². The molecule has 2 aliphatic heterocycles. The summed E-state index contributed by atoms with van der Waals surface area (Å²) in [6, 6.07) is 2.72. The molecule has 11 nitrogen and oxygen atoms in total. The summed E-state index contributed by atoms with van der Waals surface area (Å²) in [5, 5.41) is 28.1. The van der Waals surface area contributed by atoms with Gasteiger partial charge in [-0.2, -0.15) is 0 Å². The summed E-state index contributed by atoms with van der Waals surface area (Å²) in [5.74, 6) is -2.58. The van der Waals surface area contributed by atoms with Gasteiger partial charge in [0, 0.05) is 25.1 Å². The van der Waals surface area contributed by atoms with E-state index in [1.54, 1.807) is 24.5 Å². The van der Waals surface area contributed by atoms with E-state index >= 15 is 0 Å². The smallest absolute Gasteiger partial charge is 0.481 e. The van der Waals surface area contributed by atoms with Crippen LogP contribution in [-0.2, 0) is 25.6 Å². The molecule has 0 radical (unpaired) electrons. The van der Waals surface area contributed by atoms with Gasteiger partial charge in [0.05, 0.1) is 13.0 Å². The van der Waals surface area contributed by atoms with Gasteiger partial charge in [-0.3, -0.25) is 24.3 Å². The average molecular weight is 467 g/mol. The zero-order valence-electron chi connectivity index (χ0n) is 16.4. The number of carbonyl (C=O) groups excluding carboxylic acids is 2. The molecule has 2 aliphatic rings. The number of nitrogens with zero attached hydrogens (tertiary/aromatic N) is 2. The number of nitrogens with one attached hydrogen (secondary N) is 1. The number of carboxylic acid groups (broad SMARTS) is 2. The van der Waals surface area contributed by atoms with Crippen LogP contribution in [0.25, 0.3) is 0 Å². The van der Waals surface area contributed by atoms with E-state index in [2.05, 4.69) is 10.3 Å². The Morgan fingerprint density at radius 1 is 1.33 bits per heavy atom. The van der Waals surface area contributed by atoms with Gasteiger partial charge in [-0.1, -0.05) is 6.07 Å². The summed E-state index contributed by atoms with van der Waals surface area (Å²) in [6.45, 7) is 0.670. The van der Waals surface area contributed by atoms with Crippen LogP contribution in [0.4, 0.5) is 0 Å². The van der Waals surface area contributed by atoms with Crippen molar-refractivity contribution >= 4 is 35.5 Å². The largest absolute Gasteiger partial charge is 1.00 e. The Morgan fingerprint density at radius 3 is 2.47 bits per heavy atom. The summed E-state index contributed by atoms with van der Waals surface area (Å²) in [4.78, 5) is 49.8. The molecule has 3 heterocycles. The van der Waals surface area contributed by atoms with E-state index in [4.69, 9.17) is 9.90 Å². The number of amides is 2. The fourth-order valence-electron chi connectivity index (χ4n) is 2.72. The Morgan fingerprint density at radius 2 is 1.97 bits per heavy atom. The quantitative estimate of drug-likeness (QED) is 0.245. The molecule has 0 aromatic carbocycles. The molecule has 0 saturated carbocycles. The van der Waals surface area contributed by atoms with E-state index in [9.17, 15) is 24.6 Å². The summed E-state index contributed by atoms with van der Waals surface area (Å²) in [7, 11) is 0. The number of aliphatic hydroxyl groups is 1. The van der Waals surface area contributed by atoms with Crippen molar-refractivity contribution in [2.45, 2.75) is 24.8 Å². The molecular weight excluding hydrogens is 445 g/mol. The SMILES string of the molecule is CC(=O)O.O.O=C(Cc1cccnc1)NC1C(=O)N2C(C(=O)O)=C(CO)CSC12.[K+]. The van der Waals surface area contributed by atoms with E-state index in [1.165, 1.54) is 11.8 Å². The van der Waals surface area contributed by atoms with Crippen molar-refractivity contribution < 1.29 is 91.4 Å². The molecule has 30 heavy (non-hydrogen) atoms. The molecule has 6 N–H and O–H groups in total. The van der Waals surface area contributed by atoms with Crippen molar-refractivity contribution in [2.24, 2.45) is 0 Å². The van der Waals surface area contributed by atoms with Gasteiger partial charge >= 0.3 is 57.4 Å². The molecule has 1 aromatic rings. The van der Waals surface area contributed by atoms with E-state index in [1.807, 2.05) is 0 Å².